The van der Waals surface area contributed by atoms with Crippen LogP contribution in [0.25, 0.3) is 0 Å². The molecule has 1 unspecified atom stereocenters. The molecular weight excluding hydrogens is 235 g/mol. The van der Waals surface area contributed by atoms with E-state index in [2.05, 4.69) is 5.32 Å². The Morgan fingerprint density at radius 2 is 2.39 bits per heavy atom. The van der Waals surface area contributed by atoms with Crippen molar-refractivity contribution in [3.05, 3.63) is 24.0 Å². The maximum Gasteiger partial charge on any atom is 0.167 e. The summed E-state index contributed by atoms with van der Waals surface area (Å²) in [6, 6.07) is 5.27. The van der Waals surface area contributed by atoms with Crippen LogP contribution in [-0.2, 0) is 4.74 Å². The first kappa shape index (κ1) is 13.1. The Bertz CT molecular complexity index is 395. The highest BCUT2D eigenvalue weighted by Crippen LogP contribution is 2.22. The van der Waals surface area contributed by atoms with Crippen LogP contribution in [0.1, 0.15) is 0 Å². The summed E-state index contributed by atoms with van der Waals surface area (Å²) in [4.78, 5) is 2.01. The molecule has 0 saturated carbocycles. The molecule has 0 amide bonds. The van der Waals surface area contributed by atoms with E-state index in [1.165, 1.54) is 13.2 Å². The van der Waals surface area contributed by atoms with Gasteiger partial charge in [-0.25, -0.2) is 4.39 Å². The number of rotatable bonds is 4. The number of nitrogens with one attached hydrogen (secondary N) is 1. The van der Waals surface area contributed by atoms with E-state index in [0.717, 1.165) is 25.4 Å². The van der Waals surface area contributed by atoms with E-state index in [0.29, 0.717) is 6.61 Å². The van der Waals surface area contributed by atoms with Crippen LogP contribution in [0, 0.1) is 5.82 Å². The van der Waals surface area contributed by atoms with Gasteiger partial charge in [-0.15, -0.1) is 0 Å². The van der Waals surface area contributed by atoms with Gasteiger partial charge in [0.25, 0.3) is 0 Å². The second-order valence-electron chi connectivity index (χ2n) is 4.43. The molecular formula is C13H19FN2O2. The van der Waals surface area contributed by atoms with Crippen LogP contribution in [0.3, 0.4) is 0 Å². The lowest BCUT2D eigenvalue weighted by atomic mass is 10.2. The topological polar surface area (TPSA) is 33.7 Å². The van der Waals surface area contributed by atoms with Crippen molar-refractivity contribution in [2.75, 3.05) is 45.4 Å². The zero-order valence-corrected chi connectivity index (χ0v) is 10.8. The Balaban J connectivity index is 1.99. The van der Waals surface area contributed by atoms with Gasteiger partial charge in [-0.2, -0.15) is 0 Å². The molecule has 0 bridgehead atoms. The Labute approximate surface area is 107 Å². The molecule has 1 aliphatic heterocycles. The second-order valence-corrected chi connectivity index (χ2v) is 4.43. The lowest BCUT2D eigenvalue weighted by Gasteiger charge is -2.29. The van der Waals surface area contributed by atoms with Gasteiger partial charge in [-0.3, -0.25) is 0 Å². The van der Waals surface area contributed by atoms with Crippen molar-refractivity contribution in [2.24, 2.45) is 0 Å². The van der Waals surface area contributed by atoms with Crippen LogP contribution in [-0.4, -0.2) is 46.5 Å². The molecule has 1 saturated heterocycles. The van der Waals surface area contributed by atoms with E-state index in [1.807, 2.05) is 18.0 Å². The summed E-state index contributed by atoms with van der Waals surface area (Å²) >= 11 is 0. The minimum absolute atomic E-state index is 0.270. The number of hydrogen-bond donors (Lipinski definition) is 1. The number of morpholine rings is 1. The van der Waals surface area contributed by atoms with E-state index in [1.54, 1.807) is 6.07 Å². The standard InChI is InChI=1S/C13H19FN2O2/c1-16(8-10-9-18-6-5-15-10)11-3-4-13(17-2)12(14)7-11/h3-4,7,10,15H,5-6,8-9H2,1-2H3. The monoisotopic (exact) mass is 254 g/mol. The maximum atomic E-state index is 13.6. The summed E-state index contributed by atoms with van der Waals surface area (Å²) in [6.45, 7) is 3.11. The fourth-order valence-electron chi connectivity index (χ4n) is 2.07. The molecule has 0 aromatic heterocycles. The molecule has 18 heavy (non-hydrogen) atoms. The van der Waals surface area contributed by atoms with Gasteiger partial charge in [-0.1, -0.05) is 0 Å². The van der Waals surface area contributed by atoms with E-state index < -0.39 is 0 Å². The zero-order valence-electron chi connectivity index (χ0n) is 10.8. The molecule has 1 fully saturated rings. The third-order valence-corrected chi connectivity index (χ3v) is 3.07. The van der Waals surface area contributed by atoms with Crippen molar-refractivity contribution in [2.45, 2.75) is 6.04 Å². The minimum Gasteiger partial charge on any atom is -0.494 e. The molecule has 1 aromatic carbocycles. The van der Waals surface area contributed by atoms with Crippen LogP contribution < -0.4 is 15.0 Å². The number of methoxy groups -OCH3 is 1. The molecule has 5 heteroatoms. The average molecular weight is 254 g/mol. The summed E-state index contributed by atoms with van der Waals surface area (Å²) in [5, 5.41) is 3.37. The maximum absolute atomic E-state index is 13.6. The first-order chi connectivity index (χ1) is 8.70. The predicted molar refractivity (Wildman–Crippen MR) is 68.8 cm³/mol. The van der Waals surface area contributed by atoms with Gasteiger partial charge in [0.2, 0.25) is 0 Å². The molecule has 1 N–H and O–H groups in total. The molecule has 1 atom stereocenters. The van der Waals surface area contributed by atoms with Crippen LogP contribution in [0.2, 0.25) is 0 Å². The lowest BCUT2D eigenvalue weighted by Crippen LogP contribution is -2.47. The highest BCUT2D eigenvalue weighted by molar-refractivity contribution is 5.49. The first-order valence-electron chi connectivity index (χ1n) is 6.06. The summed E-state index contributed by atoms with van der Waals surface area (Å²) in [5.41, 5.74) is 0.834. The SMILES string of the molecule is COc1ccc(N(C)CC2COCCN2)cc1F. The lowest BCUT2D eigenvalue weighted by molar-refractivity contribution is 0.0791. The van der Waals surface area contributed by atoms with E-state index in [4.69, 9.17) is 9.47 Å². The van der Waals surface area contributed by atoms with Crippen molar-refractivity contribution in [1.29, 1.82) is 0 Å². The second kappa shape index (κ2) is 6.02. The van der Waals surface area contributed by atoms with Crippen LogP contribution in [0.4, 0.5) is 10.1 Å². The van der Waals surface area contributed by atoms with Gasteiger partial charge in [-0.05, 0) is 12.1 Å². The number of benzene rings is 1. The fraction of sp³-hybridized carbons (Fsp3) is 0.538. The molecule has 0 spiro atoms. The largest absolute Gasteiger partial charge is 0.494 e. The smallest absolute Gasteiger partial charge is 0.167 e. The Morgan fingerprint density at radius 1 is 1.56 bits per heavy atom. The summed E-state index contributed by atoms with van der Waals surface area (Å²) in [7, 11) is 3.41. The number of likely N-dealkylation sites (N-methyl/N-ethyl adjacent to an activating group) is 1. The summed E-state index contributed by atoms with van der Waals surface area (Å²) < 4.78 is 23.9. The molecule has 0 aliphatic carbocycles. The van der Waals surface area contributed by atoms with Crippen molar-refractivity contribution in [3.8, 4) is 5.75 Å². The summed E-state index contributed by atoms with van der Waals surface area (Å²) in [5.74, 6) is -0.0685. The Kier molecular flexibility index (Phi) is 4.38. The van der Waals surface area contributed by atoms with Crippen LogP contribution in [0.15, 0.2) is 18.2 Å². The highest BCUT2D eigenvalue weighted by Gasteiger charge is 2.16. The minimum atomic E-state index is -0.338. The quantitative estimate of drug-likeness (QED) is 0.877. The van der Waals surface area contributed by atoms with E-state index >= 15 is 0 Å². The molecule has 1 aromatic rings. The third kappa shape index (κ3) is 3.11. The Morgan fingerprint density at radius 3 is 3.00 bits per heavy atom. The van der Waals surface area contributed by atoms with Crippen LogP contribution in [0.5, 0.6) is 5.75 Å². The number of anilines is 1. The van der Waals surface area contributed by atoms with Gasteiger partial charge in [0.1, 0.15) is 0 Å². The van der Waals surface area contributed by atoms with Crippen molar-refractivity contribution < 1.29 is 13.9 Å². The van der Waals surface area contributed by atoms with E-state index in [9.17, 15) is 4.39 Å². The molecule has 2 rings (SSSR count). The number of nitrogens with zero attached hydrogens (tertiary/aromatic N) is 1. The molecule has 4 nitrogen and oxygen atoms in total. The van der Waals surface area contributed by atoms with Gasteiger partial charge >= 0.3 is 0 Å². The Hall–Kier alpha value is -1.33. The fourth-order valence-corrected chi connectivity index (χ4v) is 2.07. The normalized spacial score (nSPS) is 19.6. The predicted octanol–water partition coefficient (Wildman–Crippen LogP) is 1.26. The first-order valence-corrected chi connectivity index (χ1v) is 6.06. The molecule has 100 valence electrons. The third-order valence-electron chi connectivity index (χ3n) is 3.07. The number of ether oxygens (including phenoxy) is 2. The average Bonchev–Trinajstić information content (AvgIpc) is 2.39. The van der Waals surface area contributed by atoms with Gasteiger partial charge < -0.3 is 19.7 Å². The zero-order chi connectivity index (χ0) is 13.0. The van der Waals surface area contributed by atoms with Gasteiger partial charge in [0.15, 0.2) is 11.6 Å². The van der Waals surface area contributed by atoms with Crippen molar-refractivity contribution in [1.82, 2.24) is 5.32 Å². The van der Waals surface area contributed by atoms with Crippen molar-refractivity contribution in [3.63, 3.8) is 0 Å². The molecule has 1 heterocycles. The number of hydrogen-bond acceptors (Lipinski definition) is 4. The molecule has 0 radical (unpaired) electrons. The van der Waals surface area contributed by atoms with E-state index in [-0.39, 0.29) is 17.6 Å². The molecule has 1 aliphatic rings. The van der Waals surface area contributed by atoms with Crippen LogP contribution >= 0.6 is 0 Å². The van der Waals surface area contributed by atoms with Gasteiger partial charge in [0, 0.05) is 37.9 Å². The summed E-state index contributed by atoms with van der Waals surface area (Å²) in [6.07, 6.45) is 0. The van der Waals surface area contributed by atoms with Crippen molar-refractivity contribution >= 4 is 5.69 Å². The van der Waals surface area contributed by atoms with Gasteiger partial charge in [0.05, 0.1) is 20.3 Å². The highest BCUT2D eigenvalue weighted by atomic mass is 19.1. The number of halogens is 1.